The molecule has 45 heavy (non-hydrogen) atoms. The van der Waals surface area contributed by atoms with Gasteiger partial charge in [-0.3, -0.25) is 4.79 Å². The fourth-order valence-corrected chi connectivity index (χ4v) is 6.32. The maximum absolute atomic E-state index is 12.9. The van der Waals surface area contributed by atoms with Crippen molar-refractivity contribution in [2.45, 2.75) is 70.6 Å². The Morgan fingerprint density at radius 2 is 1.82 bits per heavy atom. The lowest BCUT2D eigenvalue weighted by Gasteiger charge is -2.48. The van der Waals surface area contributed by atoms with Gasteiger partial charge in [0.1, 0.15) is 18.5 Å². The summed E-state index contributed by atoms with van der Waals surface area (Å²) in [6.45, 7) is 14.3. The Kier molecular flexibility index (Phi) is 15.8. The number of carbonyl (C=O) groups excluding carboxylic acids is 1. The molecule has 0 bridgehead atoms. The molecule has 0 aliphatic carbocycles. The van der Waals surface area contributed by atoms with Crippen molar-refractivity contribution in [3.8, 4) is 5.75 Å². The maximum Gasteiger partial charge on any atom is 0.227 e. The van der Waals surface area contributed by atoms with Crippen LogP contribution in [0.15, 0.2) is 84.8 Å². The van der Waals surface area contributed by atoms with Crippen LogP contribution in [0.4, 0.5) is 5.69 Å². The van der Waals surface area contributed by atoms with Crippen molar-refractivity contribution in [2.24, 2.45) is 0 Å². The first-order chi connectivity index (χ1) is 21.8. The van der Waals surface area contributed by atoms with Gasteiger partial charge in [-0.15, -0.1) is 17.9 Å². The van der Waals surface area contributed by atoms with Gasteiger partial charge < -0.3 is 29.7 Å². The average Bonchev–Trinajstić information content (AvgIpc) is 3.58. The maximum atomic E-state index is 12.9. The number of ether oxygens (including phenoxy) is 2. The number of thiophene rings is 1. The summed E-state index contributed by atoms with van der Waals surface area (Å²) < 4.78 is 11.3. The Balaban J connectivity index is 0.000000268. The smallest absolute Gasteiger partial charge is 0.227 e. The van der Waals surface area contributed by atoms with Crippen molar-refractivity contribution in [2.75, 3.05) is 51.4 Å². The number of nitrogens with one attached hydrogen (secondary N) is 1. The Bertz CT molecular complexity index is 1240. The van der Waals surface area contributed by atoms with Crippen LogP contribution in [0, 0.1) is 0 Å². The molecule has 0 radical (unpaired) electrons. The van der Waals surface area contributed by atoms with Crippen LogP contribution < -0.4 is 15.0 Å². The number of benzene rings is 2. The number of hydrogen-bond donors (Lipinski definition) is 2. The molecule has 8 heteroatoms. The molecule has 0 saturated carbocycles. The number of piperidine rings is 1. The normalized spacial score (nSPS) is 15.2. The van der Waals surface area contributed by atoms with Crippen LogP contribution in [0.2, 0.25) is 0 Å². The van der Waals surface area contributed by atoms with Crippen LogP contribution in [0.3, 0.4) is 0 Å². The number of hydrogen-bond acceptors (Lipinski definition) is 7. The van der Waals surface area contributed by atoms with E-state index in [9.17, 15) is 9.90 Å². The van der Waals surface area contributed by atoms with Crippen molar-refractivity contribution < 1.29 is 19.4 Å². The molecule has 7 nitrogen and oxygen atoms in total. The quantitative estimate of drug-likeness (QED) is 0.178. The van der Waals surface area contributed by atoms with E-state index in [0.717, 1.165) is 62.3 Å². The van der Waals surface area contributed by atoms with E-state index in [1.165, 1.54) is 4.88 Å². The Morgan fingerprint density at radius 1 is 1.11 bits per heavy atom. The second-order valence-electron chi connectivity index (χ2n) is 11.9. The number of anilines is 1. The fraction of sp³-hybridized carbons (Fsp3) is 0.486. The number of para-hydroxylation sites is 2. The summed E-state index contributed by atoms with van der Waals surface area (Å²) in [5, 5.41) is 15.1. The molecule has 0 spiro atoms. The highest BCUT2D eigenvalue weighted by atomic mass is 32.1. The van der Waals surface area contributed by atoms with Crippen molar-refractivity contribution in [3.05, 3.63) is 95.2 Å². The molecular weight excluding hydrogens is 582 g/mol. The van der Waals surface area contributed by atoms with E-state index in [-0.39, 0.29) is 11.4 Å². The zero-order valence-corrected chi connectivity index (χ0v) is 28.4. The fourth-order valence-electron chi connectivity index (χ4n) is 5.62. The van der Waals surface area contributed by atoms with Crippen molar-refractivity contribution in [1.82, 2.24) is 10.2 Å². The summed E-state index contributed by atoms with van der Waals surface area (Å²) in [6.07, 6.45) is 5.60. The van der Waals surface area contributed by atoms with Gasteiger partial charge >= 0.3 is 0 Å². The van der Waals surface area contributed by atoms with Gasteiger partial charge in [-0.05, 0) is 60.9 Å². The van der Waals surface area contributed by atoms with E-state index in [2.05, 4.69) is 34.3 Å². The summed E-state index contributed by atoms with van der Waals surface area (Å²) in [4.78, 5) is 18.9. The van der Waals surface area contributed by atoms with E-state index in [0.29, 0.717) is 32.2 Å². The number of likely N-dealkylation sites (tertiary alicyclic amines) is 1. The van der Waals surface area contributed by atoms with Crippen LogP contribution >= 0.6 is 11.3 Å². The topological polar surface area (TPSA) is 74.3 Å². The minimum absolute atomic E-state index is 0.172. The molecule has 1 aromatic heterocycles. The number of rotatable bonds is 16. The van der Waals surface area contributed by atoms with Gasteiger partial charge in [-0.2, -0.15) is 0 Å². The highest BCUT2D eigenvalue weighted by Gasteiger charge is 2.42. The summed E-state index contributed by atoms with van der Waals surface area (Å²) in [5.74, 6) is 0.992. The van der Waals surface area contributed by atoms with E-state index in [1.54, 1.807) is 7.11 Å². The van der Waals surface area contributed by atoms with Gasteiger partial charge in [0.05, 0.1) is 12.1 Å². The lowest BCUT2D eigenvalue weighted by Crippen LogP contribution is -2.60. The lowest BCUT2D eigenvalue weighted by atomic mass is 9.85. The molecule has 4 rings (SSSR count). The van der Waals surface area contributed by atoms with Crippen LogP contribution in [-0.2, 0) is 22.4 Å². The number of amides is 1. The van der Waals surface area contributed by atoms with Crippen molar-refractivity contribution in [1.29, 1.82) is 0 Å². The van der Waals surface area contributed by atoms with Crippen LogP contribution in [-0.4, -0.2) is 80.1 Å². The summed E-state index contributed by atoms with van der Waals surface area (Å²) in [7, 11) is 1.74. The molecule has 1 unspecified atom stereocenters. The molecule has 1 fully saturated rings. The highest BCUT2D eigenvalue weighted by molar-refractivity contribution is 7.09. The number of aliphatic hydroxyl groups excluding tert-OH is 1. The van der Waals surface area contributed by atoms with Crippen molar-refractivity contribution in [3.63, 3.8) is 0 Å². The molecule has 1 aliphatic heterocycles. The first-order valence-corrected chi connectivity index (χ1v) is 17.0. The van der Waals surface area contributed by atoms with Gasteiger partial charge in [0, 0.05) is 56.3 Å². The Hall–Kier alpha value is -3.01. The molecule has 2 heterocycles. The number of aliphatic hydroxyl groups is 1. The van der Waals surface area contributed by atoms with E-state index in [1.807, 2.05) is 97.7 Å². The standard InChI is InChI=1S/C22H30N2O2S.C15H23NO2/c1-3-21(25)24(19-8-5-4-6-9-19)22(18-26-2)12-15-23(16-13-22)14-11-20-10-7-17-27-20;1-4-7-13-8-5-6-9-15(13)18-11-14(17)10-16-12(2)3/h4-10,17H,3,11-16,18H2,1-2H3;4-6,8-9,12,14,16-17H,1,7,10-11H2,2-3H3. The third kappa shape index (κ3) is 11.7. The summed E-state index contributed by atoms with van der Waals surface area (Å²) >= 11 is 1.83. The zero-order valence-electron chi connectivity index (χ0n) is 27.6. The van der Waals surface area contributed by atoms with E-state index >= 15 is 0 Å². The number of allylic oxidation sites excluding steroid dienone is 1. The highest BCUT2D eigenvalue weighted by Crippen LogP contribution is 2.34. The number of carbonyl (C=O) groups is 1. The molecule has 1 atom stereocenters. The first kappa shape index (κ1) is 36.5. The molecule has 1 saturated heterocycles. The monoisotopic (exact) mass is 635 g/mol. The molecule has 2 aromatic carbocycles. The molecule has 3 aromatic rings. The van der Waals surface area contributed by atoms with E-state index in [4.69, 9.17) is 9.47 Å². The lowest BCUT2D eigenvalue weighted by molar-refractivity contribution is -0.120. The SMILES string of the molecule is C=CCc1ccccc1OCC(O)CNC(C)C.CCC(=O)N(c1ccccc1)C1(COC)CCN(CCc2cccs2)CC1. The second-order valence-corrected chi connectivity index (χ2v) is 12.9. The van der Waals surface area contributed by atoms with Gasteiger partial charge in [0.25, 0.3) is 0 Å². The van der Waals surface area contributed by atoms with E-state index < -0.39 is 6.10 Å². The third-order valence-electron chi connectivity index (χ3n) is 8.02. The minimum atomic E-state index is -0.496. The molecule has 1 amide bonds. The minimum Gasteiger partial charge on any atom is -0.491 e. The van der Waals surface area contributed by atoms with Gasteiger partial charge in [0.2, 0.25) is 5.91 Å². The van der Waals surface area contributed by atoms with Crippen molar-refractivity contribution >= 4 is 22.9 Å². The average molecular weight is 636 g/mol. The van der Waals surface area contributed by atoms with Crippen LogP contribution in [0.5, 0.6) is 5.75 Å². The van der Waals surface area contributed by atoms with Crippen LogP contribution in [0.1, 0.15) is 50.5 Å². The third-order valence-corrected chi connectivity index (χ3v) is 8.96. The summed E-state index contributed by atoms with van der Waals surface area (Å²) in [5.41, 5.74) is 1.81. The van der Waals surface area contributed by atoms with Gasteiger partial charge in [-0.1, -0.05) is 69.3 Å². The number of methoxy groups -OCH3 is 1. The zero-order chi connectivity index (χ0) is 32.5. The summed E-state index contributed by atoms with van der Waals surface area (Å²) in [6, 6.07) is 22.6. The molecule has 1 aliphatic rings. The van der Waals surface area contributed by atoms with Gasteiger partial charge in [0.15, 0.2) is 0 Å². The largest absolute Gasteiger partial charge is 0.491 e. The predicted octanol–water partition coefficient (Wildman–Crippen LogP) is 6.37. The Morgan fingerprint density at radius 3 is 2.44 bits per heavy atom. The molecule has 246 valence electrons. The van der Waals surface area contributed by atoms with Gasteiger partial charge in [-0.25, -0.2) is 0 Å². The number of nitrogens with zero attached hydrogens (tertiary/aromatic N) is 2. The first-order valence-electron chi connectivity index (χ1n) is 16.2. The molecule has 2 N–H and O–H groups in total. The Labute approximate surface area is 274 Å². The predicted molar refractivity (Wildman–Crippen MR) is 188 cm³/mol. The molecular formula is C37H53N3O4S. The second kappa shape index (κ2) is 19.5. The van der Waals surface area contributed by atoms with Crippen LogP contribution in [0.25, 0.3) is 0 Å².